The van der Waals surface area contributed by atoms with E-state index in [1.54, 1.807) is 11.9 Å². The number of aliphatic hydroxyl groups excluding tert-OH is 2. The summed E-state index contributed by atoms with van der Waals surface area (Å²) in [6.45, 7) is 0.103. The van der Waals surface area contributed by atoms with Crippen molar-refractivity contribution in [3.8, 4) is 0 Å². The normalized spacial score (nSPS) is 26.2. The molecule has 1 rings (SSSR count). The monoisotopic (exact) mass is 309 g/mol. The van der Waals surface area contributed by atoms with Crippen molar-refractivity contribution in [1.82, 2.24) is 4.90 Å². The maximum absolute atomic E-state index is 10.9. The first-order valence-electron chi connectivity index (χ1n) is 5.91. The summed E-state index contributed by atoms with van der Waals surface area (Å²) in [6, 6.07) is 0. The van der Waals surface area contributed by atoms with Crippen molar-refractivity contribution in [3.05, 3.63) is 0 Å². The highest BCUT2D eigenvalue weighted by atomic mass is 32.2. The van der Waals surface area contributed by atoms with E-state index >= 15 is 0 Å². The SMILES string of the molecule is COC(=O)CCCSC(=S)N(C)[C@H]1OC[C@@H](O)[C@@H]1O. The predicted octanol–water partition coefficient (Wildman–Crippen LogP) is -0.0324. The average molecular weight is 309 g/mol. The van der Waals surface area contributed by atoms with Gasteiger partial charge in [-0.3, -0.25) is 4.79 Å². The molecule has 6 nitrogen and oxygen atoms in total. The molecule has 1 heterocycles. The molecule has 1 aliphatic rings. The van der Waals surface area contributed by atoms with Gasteiger partial charge in [0.2, 0.25) is 0 Å². The minimum atomic E-state index is -0.960. The van der Waals surface area contributed by atoms with Crippen molar-refractivity contribution in [2.24, 2.45) is 0 Å². The van der Waals surface area contributed by atoms with Crippen LogP contribution in [0.1, 0.15) is 12.8 Å². The molecule has 0 radical (unpaired) electrons. The number of rotatable bonds is 5. The van der Waals surface area contributed by atoms with Gasteiger partial charge in [-0.1, -0.05) is 24.0 Å². The molecule has 0 spiro atoms. The number of thioether (sulfide) groups is 1. The Morgan fingerprint density at radius 1 is 1.58 bits per heavy atom. The van der Waals surface area contributed by atoms with Crippen LogP contribution in [0.5, 0.6) is 0 Å². The summed E-state index contributed by atoms with van der Waals surface area (Å²) in [5.41, 5.74) is 0. The van der Waals surface area contributed by atoms with E-state index < -0.39 is 18.4 Å². The molecule has 19 heavy (non-hydrogen) atoms. The molecule has 8 heteroatoms. The second-order valence-corrected chi connectivity index (χ2v) is 5.92. The van der Waals surface area contributed by atoms with Crippen LogP contribution in [0.25, 0.3) is 0 Å². The van der Waals surface area contributed by atoms with Crippen LogP contribution < -0.4 is 0 Å². The third-order valence-corrected chi connectivity index (χ3v) is 4.44. The topological polar surface area (TPSA) is 79.2 Å². The number of aliphatic hydroxyl groups is 2. The third kappa shape index (κ3) is 4.88. The zero-order valence-electron chi connectivity index (χ0n) is 10.9. The van der Waals surface area contributed by atoms with E-state index in [9.17, 15) is 15.0 Å². The fourth-order valence-corrected chi connectivity index (χ4v) is 2.73. The van der Waals surface area contributed by atoms with Gasteiger partial charge in [-0.05, 0) is 6.42 Å². The second-order valence-electron chi connectivity index (χ2n) is 4.19. The second kappa shape index (κ2) is 8.01. The lowest BCUT2D eigenvalue weighted by molar-refractivity contribution is -0.140. The number of hydrogen-bond donors (Lipinski definition) is 2. The van der Waals surface area contributed by atoms with Gasteiger partial charge in [0.1, 0.15) is 16.5 Å². The molecule has 1 saturated heterocycles. The van der Waals surface area contributed by atoms with Crippen LogP contribution in [0.3, 0.4) is 0 Å². The Hall–Kier alpha value is -0.410. The molecule has 0 amide bonds. The first-order valence-corrected chi connectivity index (χ1v) is 7.31. The fourth-order valence-electron chi connectivity index (χ4n) is 1.61. The zero-order chi connectivity index (χ0) is 14.4. The molecule has 1 fully saturated rings. The molecular formula is C11H19NO5S2. The molecule has 0 unspecified atom stereocenters. The Labute approximate surface area is 122 Å². The quantitative estimate of drug-likeness (QED) is 0.416. The van der Waals surface area contributed by atoms with Gasteiger partial charge in [0.15, 0.2) is 6.23 Å². The maximum Gasteiger partial charge on any atom is 0.305 e. The molecule has 110 valence electrons. The maximum atomic E-state index is 10.9. The first-order chi connectivity index (χ1) is 8.97. The van der Waals surface area contributed by atoms with Crippen molar-refractivity contribution >= 4 is 34.3 Å². The van der Waals surface area contributed by atoms with E-state index in [1.807, 2.05) is 0 Å². The molecule has 2 N–H and O–H groups in total. The smallest absolute Gasteiger partial charge is 0.305 e. The van der Waals surface area contributed by atoms with Gasteiger partial charge >= 0.3 is 5.97 Å². The molecule has 0 aromatic rings. The average Bonchev–Trinajstić information content (AvgIpc) is 2.73. The lowest BCUT2D eigenvalue weighted by atomic mass is 10.2. The number of methoxy groups -OCH3 is 1. The van der Waals surface area contributed by atoms with Crippen LogP contribution in [0.4, 0.5) is 0 Å². The fraction of sp³-hybridized carbons (Fsp3) is 0.818. The highest BCUT2D eigenvalue weighted by Crippen LogP contribution is 2.21. The largest absolute Gasteiger partial charge is 0.469 e. The Balaban J connectivity index is 2.27. The van der Waals surface area contributed by atoms with Crippen molar-refractivity contribution in [2.75, 3.05) is 26.5 Å². The Morgan fingerprint density at radius 2 is 2.26 bits per heavy atom. The van der Waals surface area contributed by atoms with Gasteiger partial charge in [-0.15, -0.1) is 0 Å². The van der Waals surface area contributed by atoms with E-state index in [-0.39, 0.29) is 12.6 Å². The van der Waals surface area contributed by atoms with E-state index in [0.29, 0.717) is 22.9 Å². The number of carbonyl (C=O) groups excluding carboxylic acids is 1. The Kier molecular flexibility index (Phi) is 7.01. The van der Waals surface area contributed by atoms with Crippen molar-refractivity contribution in [3.63, 3.8) is 0 Å². The molecule has 1 aliphatic heterocycles. The number of esters is 1. The summed E-state index contributed by atoms with van der Waals surface area (Å²) in [5, 5.41) is 19.1. The summed E-state index contributed by atoms with van der Waals surface area (Å²) in [5.74, 6) is 0.446. The Bertz CT molecular complexity index is 328. The number of thiocarbonyl (C=S) groups is 1. The lowest BCUT2D eigenvalue weighted by Crippen LogP contribution is -2.43. The number of ether oxygens (including phenoxy) is 2. The van der Waals surface area contributed by atoms with Crippen LogP contribution in [0, 0.1) is 0 Å². The van der Waals surface area contributed by atoms with E-state index in [4.69, 9.17) is 17.0 Å². The molecule has 0 saturated carbocycles. The number of carbonyl (C=O) groups is 1. The third-order valence-electron chi connectivity index (χ3n) is 2.77. The molecule has 0 aromatic carbocycles. The van der Waals surface area contributed by atoms with Gasteiger partial charge in [0.25, 0.3) is 0 Å². The summed E-state index contributed by atoms with van der Waals surface area (Å²) >= 11 is 6.62. The Morgan fingerprint density at radius 3 is 2.79 bits per heavy atom. The summed E-state index contributed by atoms with van der Waals surface area (Å²) in [6.07, 6.45) is -1.42. The molecular weight excluding hydrogens is 290 g/mol. The van der Waals surface area contributed by atoms with Crippen LogP contribution in [-0.4, -0.2) is 70.4 Å². The minimum absolute atomic E-state index is 0.103. The highest BCUT2D eigenvalue weighted by molar-refractivity contribution is 8.22. The van der Waals surface area contributed by atoms with E-state index in [2.05, 4.69) is 4.74 Å². The van der Waals surface area contributed by atoms with Gasteiger partial charge < -0.3 is 24.6 Å². The van der Waals surface area contributed by atoms with Crippen LogP contribution >= 0.6 is 24.0 Å². The number of hydrogen-bond acceptors (Lipinski definition) is 7. The number of likely N-dealkylation sites (N-methyl/N-ethyl adjacent to an activating group) is 1. The van der Waals surface area contributed by atoms with Gasteiger partial charge in [0, 0.05) is 19.2 Å². The van der Waals surface area contributed by atoms with Crippen LogP contribution in [0.2, 0.25) is 0 Å². The molecule has 0 aromatic heterocycles. The standard InChI is InChI=1S/C11H19NO5S2/c1-12(10-9(15)7(13)6-17-10)11(18)19-5-3-4-8(14)16-2/h7,9-10,13,15H,3-6H2,1-2H3/t7-,9+,10+/m1/s1. The van der Waals surface area contributed by atoms with Gasteiger partial charge in [-0.25, -0.2) is 0 Å². The molecule has 0 aliphatic carbocycles. The summed E-state index contributed by atoms with van der Waals surface area (Å²) in [4.78, 5) is 12.5. The summed E-state index contributed by atoms with van der Waals surface area (Å²) in [7, 11) is 3.07. The van der Waals surface area contributed by atoms with Gasteiger partial charge in [-0.2, -0.15) is 0 Å². The van der Waals surface area contributed by atoms with E-state index in [1.165, 1.54) is 18.9 Å². The first kappa shape index (κ1) is 16.6. The van der Waals surface area contributed by atoms with Crippen LogP contribution in [-0.2, 0) is 14.3 Å². The van der Waals surface area contributed by atoms with Crippen molar-refractivity contribution < 1.29 is 24.5 Å². The van der Waals surface area contributed by atoms with E-state index in [0.717, 1.165) is 0 Å². The van der Waals surface area contributed by atoms with Crippen molar-refractivity contribution in [1.29, 1.82) is 0 Å². The lowest BCUT2D eigenvalue weighted by Gasteiger charge is -2.28. The predicted molar refractivity (Wildman–Crippen MR) is 75.8 cm³/mol. The zero-order valence-corrected chi connectivity index (χ0v) is 12.6. The van der Waals surface area contributed by atoms with Gasteiger partial charge in [0.05, 0.1) is 13.7 Å². The van der Waals surface area contributed by atoms with Crippen LogP contribution in [0.15, 0.2) is 0 Å². The molecule has 0 bridgehead atoms. The highest BCUT2D eigenvalue weighted by Gasteiger charge is 2.38. The molecule has 3 atom stereocenters. The van der Waals surface area contributed by atoms with Crippen molar-refractivity contribution in [2.45, 2.75) is 31.3 Å². The summed E-state index contributed by atoms with van der Waals surface area (Å²) < 4.78 is 10.4. The minimum Gasteiger partial charge on any atom is -0.469 e. The number of nitrogens with zero attached hydrogens (tertiary/aromatic N) is 1.